The molecule has 3 aromatic rings. The van der Waals surface area contributed by atoms with Crippen LogP contribution in [0.25, 0.3) is 0 Å². The number of sulfonamides is 1. The molecule has 1 aromatic heterocycles. The van der Waals surface area contributed by atoms with E-state index in [4.69, 9.17) is 11.6 Å². The Morgan fingerprint density at radius 3 is 2.44 bits per heavy atom. The third kappa shape index (κ3) is 4.29. The van der Waals surface area contributed by atoms with Crippen molar-refractivity contribution < 1.29 is 8.42 Å². The quantitative estimate of drug-likeness (QED) is 0.686. The van der Waals surface area contributed by atoms with Gasteiger partial charge in [0, 0.05) is 5.69 Å². The van der Waals surface area contributed by atoms with Crippen LogP contribution in [0.5, 0.6) is 0 Å². The summed E-state index contributed by atoms with van der Waals surface area (Å²) < 4.78 is 27.2. The van der Waals surface area contributed by atoms with E-state index in [1.165, 1.54) is 12.1 Å². The van der Waals surface area contributed by atoms with Gasteiger partial charge >= 0.3 is 0 Å². The number of aromatic nitrogens is 1. The van der Waals surface area contributed by atoms with E-state index in [0.717, 1.165) is 16.9 Å². The minimum Gasteiger partial charge on any atom is -0.354 e. The molecule has 25 heavy (non-hydrogen) atoms. The van der Waals surface area contributed by atoms with Crippen LogP contribution in [0, 0.1) is 6.92 Å². The van der Waals surface area contributed by atoms with Crippen molar-refractivity contribution in [3.8, 4) is 0 Å². The first kappa shape index (κ1) is 17.3. The van der Waals surface area contributed by atoms with Crippen molar-refractivity contribution in [2.24, 2.45) is 0 Å². The number of nitrogens with one attached hydrogen (secondary N) is 2. The average molecular weight is 374 g/mol. The van der Waals surface area contributed by atoms with Crippen LogP contribution >= 0.6 is 11.6 Å². The van der Waals surface area contributed by atoms with Crippen molar-refractivity contribution in [2.75, 3.05) is 10.0 Å². The Balaban J connectivity index is 1.75. The number of nitrogens with zero attached hydrogens (tertiary/aromatic N) is 1. The van der Waals surface area contributed by atoms with E-state index in [2.05, 4.69) is 15.0 Å². The topological polar surface area (TPSA) is 71.1 Å². The van der Waals surface area contributed by atoms with Gasteiger partial charge in [0.25, 0.3) is 10.0 Å². The maximum absolute atomic E-state index is 12.4. The molecule has 0 aliphatic heterocycles. The van der Waals surface area contributed by atoms with Crippen molar-refractivity contribution >= 4 is 38.8 Å². The Hall–Kier alpha value is -2.57. The van der Waals surface area contributed by atoms with Crippen LogP contribution in [0.4, 0.5) is 17.2 Å². The molecule has 2 aromatic carbocycles. The minimum absolute atomic E-state index is 0.0143. The van der Waals surface area contributed by atoms with Gasteiger partial charge in [-0.05, 0) is 48.9 Å². The second-order valence-corrected chi connectivity index (χ2v) is 7.52. The summed E-state index contributed by atoms with van der Waals surface area (Å²) in [7, 11) is -3.79. The van der Waals surface area contributed by atoms with Crippen LogP contribution in [0.3, 0.4) is 0 Å². The number of benzene rings is 2. The first-order valence-electron chi connectivity index (χ1n) is 7.51. The zero-order valence-corrected chi connectivity index (χ0v) is 15.0. The highest BCUT2D eigenvalue weighted by atomic mass is 35.5. The molecular weight excluding hydrogens is 358 g/mol. The normalized spacial score (nSPS) is 11.1. The van der Waals surface area contributed by atoms with E-state index in [-0.39, 0.29) is 15.7 Å². The Morgan fingerprint density at radius 1 is 0.960 bits per heavy atom. The lowest BCUT2D eigenvalue weighted by Gasteiger charge is -2.10. The van der Waals surface area contributed by atoms with Crippen molar-refractivity contribution in [3.63, 3.8) is 0 Å². The van der Waals surface area contributed by atoms with Crippen molar-refractivity contribution in [1.82, 2.24) is 4.98 Å². The van der Waals surface area contributed by atoms with E-state index < -0.39 is 10.0 Å². The fourth-order valence-corrected chi connectivity index (χ4v) is 3.80. The van der Waals surface area contributed by atoms with Gasteiger partial charge in [-0.15, -0.1) is 0 Å². The lowest BCUT2D eigenvalue weighted by Crippen LogP contribution is -2.14. The van der Waals surface area contributed by atoms with Gasteiger partial charge < -0.3 is 5.32 Å². The van der Waals surface area contributed by atoms with Gasteiger partial charge in [-0.1, -0.05) is 35.9 Å². The second-order valence-electron chi connectivity index (χ2n) is 5.46. The fourth-order valence-electron chi connectivity index (χ4n) is 2.27. The summed E-state index contributed by atoms with van der Waals surface area (Å²) in [5.41, 5.74) is 2.83. The van der Waals surface area contributed by atoms with E-state index >= 15 is 0 Å². The van der Waals surface area contributed by atoms with Crippen LogP contribution in [0.15, 0.2) is 71.8 Å². The van der Waals surface area contributed by atoms with Gasteiger partial charge in [-0.25, -0.2) is 13.4 Å². The van der Waals surface area contributed by atoms with Crippen LogP contribution < -0.4 is 10.0 Å². The first-order chi connectivity index (χ1) is 11.9. The molecule has 3 rings (SSSR count). The first-order valence-corrected chi connectivity index (χ1v) is 9.37. The molecule has 0 radical (unpaired) electrons. The number of pyridine rings is 1. The highest BCUT2D eigenvalue weighted by Gasteiger charge is 2.17. The molecule has 128 valence electrons. The number of hydrogen-bond donors (Lipinski definition) is 2. The van der Waals surface area contributed by atoms with Crippen LogP contribution in [0.1, 0.15) is 5.56 Å². The smallest absolute Gasteiger partial charge is 0.264 e. The SMILES string of the molecule is Cc1cccc(Nc2ccc(NS(=O)(=O)c3ccccc3Cl)nc2)c1. The molecule has 0 saturated carbocycles. The van der Waals surface area contributed by atoms with Gasteiger partial charge in [0.15, 0.2) is 0 Å². The number of aryl methyl sites for hydroxylation is 1. The van der Waals surface area contributed by atoms with Crippen molar-refractivity contribution in [2.45, 2.75) is 11.8 Å². The predicted octanol–water partition coefficient (Wildman–Crippen LogP) is 4.59. The summed E-state index contributed by atoms with van der Waals surface area (Å²) in [6, 6.07) is 17.5. The molecule has 0 saturated heterocycles. The highest BCUT2D eigenvalue weighted by molar-refractivity contribution is 7.92. The largest absolute Gasteiger partial charge is 0.354 e. The summed E-state index contributed by atoms with van der Waals surface area (Å²) in [5.74, 6) is 0.217. The summed E-state index contributed by atoms with van der Waals surface area (Å²) in [6.07, 6.45) is 1.56. The Bertz CT molecular complexity index is 989. The maximum Gasteiger partial charge on any atom is 0.264 e. The molecule has 5 nitrogen and oxygen atoms in total. The lowest BCUT2D eigenvalue weighted by molar-refractivity contribution is 0.601. The van der Waals surface area contributed by atoms with Gasteiger partial charge in [0.05, 0.1) is 16.9 Å². The van der Waals surface area contributed by atoms with Crippen LogP contribution in [-0.4, -0.2) is 13.4 Å². The molecule has 0 amide bonds. The fraction of sp³-hybridized carbons (Fsp3) is 0.0556. The number of anilines is 3. The predicted molar refractivity (Wildman–Crippen MR) is 101 cm³/mol. The standard InChI is InChI=1S/C18H16ClN3O2S/c1-13-5-4-6-14(11-13)21-15-9-10-18(20-12-15)22-25(23,24)17-8-3-2-7-16(17)19/h2-12,21H,1H3,(H,20,22). The monoisotopic (exact) mass is 373 g/mol. The minimum atomic E-state index is -3.79. The van der Waals surface area contributed by atoms with E-state index in [1.807, 2.05) is 31.2 Å². The van der Waals surface area contributed by atoms with Crippen LogP contribution in [0.2, 0.25) is 5.02 Å². The highest BCUT2D eigenvalue weighted by Crippen LogP contribution is 2.23. The lowest BCUT2D eigenvalue weighted by atomic mass is 10.2. The number of halogens is 1. The van der Waals surface area contributed by atoms with Gasteiger partial charge in [-0.2, -0.15) is 0 Å². The Kier molecular flexibility index (Phi) is 4.92. The molecule has 0 unspecified atom stereocenters. The summed E-state index contributed by atoms with van der Waals surface area (Å²) >= 11 is 5.95. The second kappa shape index (κ2) is 7.13. The maximum atomic E-state index is 12.4. The third-order valence-corrected chi connectivity index (χ3v) is 5.29. The van der Waals surface area contributed by atoms with Gasteiger partial charge in [0.1, 0.15) is 10.7 Å². The third-order valence-electron chi connectivity index (χ3n) is 3.44. The summed E-state index contributed by atoms with van der Waals surface area (Å²) in [6.45, 7) is 2.01. The molecule has 0 aliphatic rings. The summed E-state index contributed by atoms with van der Waals surface area (Å²) in [5, 5.41) is 3.37. The molecule has 0 aliphatic carbocycles. The average Bonchev–Trinajstić information content (AvgIpc) is 2.57. The molecule has 0 fully saturated rings. The van der Waals surface area contributed by atoms with Crippen molar-refractivity contribution in [1.29, 1.82) is 0 Å². The van der Waals surface area contributed by atoms with Gasteiger partial charge in [0.2, 0.25) is 0 Å². The molecule has 7 heteroatoms. The molecular formula is C18H16ClN3O2S. The number of hydrogen-bond acceptors (Lipinski definition) is 4. The van der Waals surface area contributed by atoms with E-state index in [1.54, 1.807) is 30.5 Å². The van der Waals surface area contributed by atoms with Crippen molar-refractivity contribution in [3.05, 3.63) is 77.4 Å². The molecule has 0 bridgehead atoms. The Labute approximate surface area is 151 Å². The molecule has 0 atom stereocenters. The van der Waals surface area contributed by atoms with Crippen LogP contribution in [-0.2, 0) is 10.0 Å². The number of rotatable bonds is 5. The molecule has 0 spiro atoms. The molecule has 1 heterocycles. The zero-order chi connectivity index (χ0) is 17.9. The zero-order valence-electron chi connectivity index (χ0n) is 13.4. The Morgan fingerprint density at radius 2 is 1.76 bits per heavy atom. The summed E-state index contributed by atoms with van der Waals surface area (Å²) in [4.78, 5) is 4.16. The van der Waals surface area contributed by atoms with E-state index in [0.29, 0.717) is 0 Å². The van der Waals surface area contributed by atoms with Gasteiger partial charge in [-0.3, -0.25) is 4.72 Å². The van der Waals surface area contributed by atoms with E-state index in [9.17, 15) is 8.42 Å². The molecule has 2 N–H and O–H groups in total.